The highest BCUT2D eigenvalue weighted by Crippen LogP contribution is 2.12. The normalized spacial score (nSPS) is 10.9. The van der Waals surface area contributed by atoms with E-state index in [9.17, 15) is 9.59 Å². The first-order chi connectivity index (χ1) is 21.1. The van der Waals surface area contributed by atoms with Crippen LogP contribution in [0.15, 0.2) is 36.7 Å². The second kappa shape index (κ2) is 22.3. The molecule has 1 aromatic carbocycles. The van der Waals surface area contributed by atoms with Gasteiger partial charge < -0.3 is 10.3 Å². The molecule has 0 unspecified atom stereocenters. The molecule has 9 nitrogen and oxygen atoms in total. The number of H-pyrrole nitrogens is 1. The standard InChI is InChI=1S/C34H53N7O2.ClH/c1-3-5-7-8-9-10-15-19-32(42)38-34-36-26-30(37-34)17-13-11-14-18-31-27-41(40-39-31)25-24-35-33(43)29-22-20-28(21-23-29)16-12-6-4-2;/h20-23,26-27H,3-19,24-25H2,1-2H3,(H,35,43)(H2,36,37,38,42);1H. The number of imidazole rings is 1. The van der Waals surface area contributed by atoms with E-state index in [-0.39, 0.29) is 24.2 Å². The number of halogens is 1. The SMILES string of the molecule is CCCCCCCCCC(=O)Nc1ncc(CCCCCc2cn(CCNC(=O)c3ccc(CCCCC)cc3)nn2)[nH]1.Cl. The summed E-state index contributed by atoms with van der Waals surface area (Å²) in [4.78, 5) is 32.2. The highest BCUT2D eigenvalue weighted by Gasteiger charge is 2.08. The fourth-order valence-electron chi connectivity index (χ4n) is 5.14. The highest BCUT2D eigenvalue weighted by molar-refractivity contribution is 5.94. The summed E-state index contributed by atoms with van der Waals surface area (Å²) in [6.07, 6.45) is 22.4. The zero-order valence-corrected chi connectivity index (χ0v) is 27.7. The summed E-state index contributed by atoms with van der Waals surface area (Å²) in [5, 5.41) is 14.4. The molecule has 0 bridgehead atoms. The molecule has 44 heavy (non-hydrogen) atoms. The van der Waals surface area contributed by atoms with Crippen LogP contribution in [-0.4, -0.2) is 43.3 Å². The summed E-state index contributed by atoms with van der Waals surface area (Å²) in [5.41, 5.74) is 3.98. The molecule has 0 radical (unpaired) electrons. The third kappa shape index (κ3) is 15.0. The Bertz CT molecular complexity index is 1190. The first kappa shape index (κ1) is 37.0. The Morgan fingerprint density at radius 3 is 2.25 bits per heavy atom. The quantitative estimate of drug-likeness (QED) is 0.0935. The maximum absolute atomic E-state index is 12.5. The number of anilines is 1. The molecule has 244 valence electrons. The largest absolute Gasteiger partial charge is 0.350 e. The second-order valence-electron chi connectivity index (χ2n) is 11.6. The molecule has 0 spiro atoms. The Morgan fingerprint density at radius 1 is 0.818 bits per heavy atom. The van der Waals surface area contributed by atoms with Crippen molar-refractivity contribution in [2.75, 3.05) is 11.9 Å². The van der Waals surface area contributed by atoms with E-state index in [1.54, 1.807) is 4.68 Å². The molecular weight excluding hydrogens is 574 g/mol. The van der Waals surface area contributed by atoms with Crippen molar-refractivity contribution >= 4 is 30.2 Å². The molecule has 10 heteroatoms. The van der Waals surface area contributed by atoms with Gasteiger partial charge in [-0.3, -0.25) is 19.6 Å². The molecule has 3 N–H and O–H groups in total. The lowest BCUT2D eigenvalue weighted by atomic mass is 10.1. The van der Waals surface area contributed by atoms with Gasteiger partial charge in [0.2, 0.25) is 11.9 Å². The molecule has 0 aliphatic heterocycles. The van der Waals surface area contributed by atoms with Crippen molar-refractivity contribution < 1.29 is 9.59 Å². The third-order valence-electron chi connectivity index (χ3n) is 7.77. The van der Waals surface area contributed by atoms with Gasteiger partial charge in [-0.25, -0.2) is 4.98 Å². The fourth-order valence-corrected chi connectivity index (χ4v) is 5.14. The van der Waals surface area contributed by atoms with E-state index in [0.29, 0.717) is 31.0 Å². The zero-order valence-electron chi connectivity index (χ0n) is 26.9. The molecule has 0 fully saturated rings. The molecule has 3 aromatic rings. The monoisotopic (exact) mass is 627 g/mol. The summed E-state index contributed by atoms with van der Waals surface area (Å²) >= 11 is 0. The first-order valence-corrected chi connectivity index (χ1v) is 16.7. The van der Waals surface area contributed by atoms with Crippen LogP contribution in [0.4, 0.5) is 5.95 Å². The molecule has 2 heterocycles. The number of unbranched alkanes of at least 4 members (excludes halogenated alkanes) is 10. The van der Waals surface area contributed by atoms with Crippen LogP contribution in [-0.2, 0) is 30.6 Å². The van der Waals surface area contributed by atoms with Crippen LogP contribution in [0.25, 0.3) is 0 Å². The number of nitrogens with one attached hydrogen (secondary N) is 3. The van der Waals surface area contributed by atoms with Gasteiger partial charge in [0.1, 0.15) is 0 Å². The number of aromatic nitrogens is 5. The van der Waals surface area contributed by atoms with Crippen LogP contribution in [0.5, 0.6) is 0 Å². The topological polar surface area (TPSA) is 118 Å². The summed E-state index contributed by atoms with van der Waals surface area (Å²) in [6, 6.07) is 7.93. The number of rotatable bonds is 23. The van der Waals surface area contributed by atoms with E-state index in [1.165, 1.54) is 56.9 Å². The Balaban J connectivity index is 0.00000675. The van der Waals surface area contributed by atoms with Gasteiger partial charge in [0.25, 0.3) is 5.91 Å². The van der Waals surface area contributed by atoms with Crippen LogP contribution in [0.3, 0.4) is 0 Å². The van der Waals surface area contributed by atoms with Gasteiger partial charge >= 0.3 is 0 Å². The summed E-state index contributed by atoms with van der Waals surface area (Å²) in [6.45, 7) is 5.53. The Kier molecular flexibility index (Phi) is 18.8. The molecule has 0 saturated carbocycles. The smallest absolute Gasteiger partial charge is 0.251 e. The summed E-state index contributed by atoms with van der Waals surface area (Å²) < 4.78 is 1.79. The van der Waals surface area contributed by atoms with Crippen molar-refractivity contribution in [3.05, 3.63) is 59.2 Å². The van der Waals surface area contributed by atoms with E-state index >= 15 is 0 Å². The minimum atomic E-state index is -0.0595. The van der Waals surface area contributed by atoms with Crippen LogP contribution in [0.1, 0.15) is 131 Å². The summed E-state index contributed by atoms with van der Waals surface area (Å²) in [5.74, 6) is 0.523. The predicted octanol–water partition coefficient (Wildman–Crippen LogP) is 7.62. The number of nitrogens with zero attached hydrogens (tertiary/aromatic N) is 4. The van der Waals surface area contributed by atoms with Crippen molar-refractivity contribution in [3.8, 4) is 0 Å². The van der Waals surface area contributed by atoms with Gasteiger partial charge in [-0.2, -0.15) is 0 Å². The molecule has 0 atom stereocenters. The number of aryl methyl sites for hydroxylation is 3. The zero-order chi connectivity index (χ0) is 30.5. The molecule has 0 aliphatic rings. The van der Waals surface area contributed by atoms with Gasteiger partial charge in [0, 0.05) is 30.4 Å². The number of carbonyl (C=O) groups is 2. The first-order valence-electron chi connectivity index (χ1n) is 16.7. The van der Waals surface area contributed by atoms with Crippen molar-refractivity contribution in [1.82, 2.24) is 30.3 Å². The minimum absolute atomic E-state index is 0. The van der Waals surface area contributed by atoms with Crippen LogP contribution >= 0.6 is 12.4 Å². The fraction of sp³-hybridized carbons (Fsp3) is 0.618. The highest BCUT2D eigenvalue weighted by atomic mass is 35.5. The predicted molar refractivity (Wildman–Crippen MR) is 180 cm³/mol. The lowest BCUT2D eigenvalue weighted by Crippen LogP contribution is -2.27. The van der Waals surface area contributed by atoms with Gasteiger partial charge in [-0.05, 0) is 62.6 Å². The van der Waals surface area contributed by atoms with Gasteiger partial charge in [-0.1, -0.05) is 89.0 Å². The number of hydrogen-bond acceptors (Lipinski definition) is 5. The lowest BCUT2D eigenvalue weighted by Gasteiger charge is -2.06. The van der Waals surface area contributed by atoms with Crippen molar-refractivity contribution in [3.63, 3.8) is 0 Å². The van der Waals surface area contributed by atoms with Crippen LogP contribution < -0.4 is 10.6 Å². The number of hydrogen-bond donors (Lipinski definition) is 3. The molecule has 3 rings (SSSR count). The molecule has 2 aromatic heterocycles. The van der Waals surface area contributed by atoms with E-state index < -0.39 is 0 Å². The minimum Gasteiger partial charge on any atom is -0.350 e. The molecule has 2 amide bonds. The Hall–Kier alpha value is -3.20. The van der Waals surface area contributed by atoms with Crippen molar-refractivity contribution in [1.29, 1.82) is 0 Å². The van der Waals surface area contributed by atoms with E-state index in [4.69, 9.17) is 0 Å². The maximum atomic E-state index is 12.5. The van der Waals surface area contributed by atoms with Gasteiger partial charge in [0.05, 0.1) is 18.4 Å². The van der Waals surface area contributed by atoms with E-state index in [2.05, 4.69) is 56.9 Å². The van der Waals surface area contributed by atoms with Crippen molar-refractivity contribution in [2.24, 2.45) is 0 Å². The maximum Gasteiger partial charge on any atom is 0.251 e. The van der Waals surface area contributed by atoms with Crippen LogP contribution in [0, 0.1) is 0 Å². The van der Waals surface area contributed by atoms with Gasteiger partial charge in [-0.15, -0.1) is 17.5 Å². The number of aromatic amines is 1. The molecular formula is C34H54ClN7O2. The third-order valence-corrected chi connectivity index (χ3v) is 7.77. The number of benzene rings is 1. The molecule has 0 aliphatic carbocycles. The Morgan fingerprint density at radius 2 is 1.48 bits per heavy atom. The average Bonchev–Trinajstić information content (AvgIpc) is 3.66. The summed E-state index contributed by atoms with van der Waals surface area (Å²) in [7, 11) is 0. The number of amides is 2. The van der Waals surface area contributed by atoms with Crippen molar-refractivity contribution in [2.45, 2.75) is 130 Å². The average molecular weight is 628 g/mol. The van der Waals surface area contributed by atoms with E-state index in [0.717, 1.165) is 62.8 Å². The second-order valence-corrected chi connectivity index (χ2v) is 11.6. The Labute approximate surface area is 270 Å². The van der Waals surface area contributed by atoms with Gasteiger partial charge in [0.15, 0.2) is 0 Å². The lowest BCUT2D eigenvalue weighted by molar-refractivity contribution is -0.116. The van der Waals surface area contributed by atoms with Crippen LogP contribution in [0.2, 0.25) is 0 Å². The molecule has 0 saturated heterocycles. The number of carbonyl (C=O) groups excluding carboxylic acids is 2. The van der Waals surface area contributed by atoms with E-state index in [1.807, 2.05) is 24.5 Å².